The van der Waals surface area contributed by atoms with Crippen LogP contribution in [0.5, 0.6) is 0 Å². The second-order valence-corrected chi connectivity index (χ2v) is 4.16. The Kier molecular flexibility index (Phi) is 2.83. The van der Waals surface area contributed by atoms with Crippen LogP contribution in [0.4, 0.5) is 0 Å². The van der Waals surface area contributed by atoms with Crippen LogP contribution in [0.1, 0.15) is 32.1 Å². The van der Waals surface area contributed by atoms with Gasteiger partial charge in [-0.3, -0.25) is 4.79 Å². The molecule has 2 fully saturated rings. The monoisotopic (exact) mass is 182 g/mol. The summed E-state index contributed by atoms with van der Waals surface area (Å²) in [5.74, 6) is 0.577. The van der Waals surface area contributed by atoms with Crippen LogP contribution in [-0.2, 0) is 4.79 Å². The van der Waals surface area contributed by atoms with E-state index in [-0.39, 0.29) is 5.92 Å². The molecule has 74 valence electrons. The van der Waals surface area contributed by atoms with Crippen LogP contribution in [0.15, 0.2) is 0 Å². The average Bonchev–Trinajstić information content (AvgIpc) is 2.12. The zero-order chi connectivity index (χ0) is 9.10. The summed E-state index contributed by atoms with van der Waals surface area (Å²) in [6, 6.07) is 0.502. The summed E-state index contributed by atoms with van der Waals surface area (Å²) in [4.78, 5) is 11.7. The molecule has 0 aromatic carbocycles. The van der Waals surface area contributed by atoms with E-state index in [1.54, 1.807) is 0 Å². The minimum Gasteiger partial charge on any atom is -0.353 e. The Morgan fingerprint density at radius 1 is 1.15 bits per heavy atom. The van der Waals surface area contributed by atoms with Crippen molar-refractivity contribution in [3.8, 4) is 0 Å². The number of carbonyl (C=O) groups is 1. The summed E-state index contributed by atoms with van der Waals surface area (Å²) >= 11 is 0. The molecule has 1 saturated heterocycles. The molecule has 0 aromatic rings. The highest BCUT2D eigenvalue weighted by atomic mass is 16.1. The van der Waals surface area contributed by atoms with E-state index < -0.39 is 0 Å². The first-order chi connectivity index (χ1) is 6.36. The van der Waals surface area contributed by atoms with Gasteiger partial charge < -0.3 is 10.6 Å². The first-order valence-electron chi connectivity index (χ1n) is 5.37. The van der Waals surface area contributed by atoms with Crippen LogP contribution in [0, 0.1) is 5.92 Å². The van der Waals surface area contributed by atoms with Gasteiger partial charge in [0.2, 0.25) is 5.91 Å². The molecule has 2 N–H and O–H groups in total. The van der Waals surface area contributed by atoms with Crippen molar-refractivity contribution in [1.29, 1.82) is 0 Å². The fourth-order valence-corrected chi connectivity index (χ4v) is 1.96. The van der Waals surface area contributed by atoms with Gasteiger partial charge in [0.15, 0.2) is 0 Å². The van der Waals surface area contributed by atoms with E-state index in [0.29, 0.717) is 11.9 Å². The maximum atomic E-state index is 11.7. The van der Waals surface area contributed by atoms with Gasteiger partial charge in [0.25, 0.3) is 0 Å². The fourth-order valence-electron chi connectivity index (χ4n) is 1.96. The van der Waals surface area contributed by atoms with E-state index in [9.17, 15) is 4.79 Å². The molecule has 3 nitrogen and oxygen atoms in total. The Bertz CT molecular complexity index is 183. The first-order valence-corrected chi connectivity index (χ1v) is 5.37. The van der Waals surface area contributed by atoms with Crippen LogP contribution in [0.25, 0.3) is 0 Å². The van der Waals surface area contributed by atoms with Crippen molar-refractivity contribution < 1.29 is 4.79 Å². The molecule has 0 bridgehead atoms. The van der Waals surface area contributed by atoms with Crippen molar-refractivity contribution in [3.63, 3.8) is 0 Å². The number of hydrogen-bond acceptors (Lipinski definition) is 2. The van der Waals surface area contributed by atoms with Crippen molar-refractivity contribution in [2.45, 2.75) is 38.1 Å². The summed E-state index contributed by atoms with van der Waals surface area (Å²) in [6.45, 7) is 2.01. The molecule has 1 aliphatic heterocycles. The summed E-state index contributed by atoms with van der Waals surface area (Å²) in [6.07, 6.45) is 5.70. The number of piperidine rings is 1. The Hall–Kier alpha value is -0.570. The number of carbonyl (C=O) groups excluding carboxylic acids is 1. The molecule has 0 spiro atoms. The predicted molar refractivity (Wildman–Crippen MR) is 51.4 cm³/mol. The number of amides is 1. The van der Waals surface area contributed by atoms with Gasteiger partial charge >= 0.3 is 0 Å². The Morgan fingerprint density at radius 2 is 1.85 bits per heavy atom. The maximum absolute atomic E-state index is 11.7. The maximum Gasteiger partial charge on any atom is 0.223 e. The molecular weight excluding hydrogens is 164 g/mol. The zero-order valence-electron chi connectivity index (χ0n) is 8.01. The SMILES string of the molecule is O=C(NC1CCC1)C1CCNCC1. The second-order valence-electron chi connectivity index (χ2n) is 4.16. The fraction of sp³-hybridized carbons (Fsp3) is 0.900. The molecule has 13 heavy (non-hydrogen) atoms. The third-order valence-electron chi connectivity index (χ3n) is 3.16. The number of nitrogens with one attached hydrogen (secondary N) is 2. The predicted octanol–water partition coefficient (Wildman–Crippen LogP) is 0.655. The van der Waals surface area contributed by atoms with Crippen LogP contribution in [0.3, 0.4) is 0 Å². The van der Waals surface area contributed by atoms with Crippen molar-refractivity contribution in [2.24, 2.45) is 5.92 Å². The van der Waals surface area contributed by atoms with E-state index in [0.717, 1.165) is 25.9 Å². The zero-order valence-corrected chi connectivity index (χ0v) is 8.01. The third-order valence-corrected chi connectivity index (χ3v) is 3.16. The highest BCUT2D eigenvalue weighted by Crippen LogP contribution is 2.20. The summed E-state index contributed by atoms with van der Waals surface area (Å²) in [7, 11) is 0. The Morgan fingerprint density at radius 3 is 2.38 bits per heavy atom. The molecule has 3 heteroatoms. The van der Waals surface area contributed by atoms with Crippen molar-refractivity contribution in [2.75, 3.05) is 13.1 Å². The summed E-state index contributed by atoms with van der Waals surface area (Å²) in [5.41, 5.74) is 0. The van der Waals surface area contributed by atoms with Crippen LogP contribution in [-0.4, -0.2) is 25.0 Å². The summed E-state index contributed by atoms with van der Waals surface area (Å²) in [5, 5.41) is 6.39. The van der Waals surface area contributed by atoms with E-state index in [1.807, 2.05) is 0 Å². The number of hydrogen-bond donors (Lipinski definition) is 2. The molecule has 1 saturated carbocycles. The molecule has 0 aromatic heterocycles. The van der Waals surface area contributed by atoms with E-state index in [1.165, 1.54) is 19.3 Å². The van der Waals surface area contributed by atoms with Crippen molar-refractivity contribution >= 4 is 5.91 Å². The van der Waals surface area contributed by atoms with Gasteiger partial charge in [-0.05, 0) is 45.2 Å². The smallest absolute Gasteiger partial charge is 0.223 e. The standard InChI is InChI=1S/C10H18N2O/c13-10(12-9-2-1-3-9)8-4-6-11-7-5-8/h8-9,11H,1-7H2,(H,12,13). The molecule has 2 rings (SSSR count). The highest BCUT2D eigenvalue weighted by Gasteiger charge is 2.25. The van der Waals surface area contributed by atoms with Gasteiger partial charge in [-0.1, -0.05) is 0 Å². The van der Waals surface area contributed by atoms with Crippen LogP contribution >= 0.6 is 0 Å². The minimum atomic E-state index is 0.279. The van der Waals surface area contributed by atoms with Gasteiger partial charge in [0.05, 0.1) is 0 Å². The second kappa shape index (κ2) is 4.09. The topological polar surface area (TPSA) is 41.1 Å². The number of rotatable bonds is 2. The minimum absolute atomic E-state index is 0.279. The lowest BCUT2D eigenvalue weighted by atomic mass is 9.91. The molecule has 1 aliphatic carbocycles. The summed E-state index contributed by atoms with van der Waals surface area (Å²) < 4.78 is 0. The van der Waals surface area contributed by atoms with Gasteiger partial charge in [0, 0.05) is 12.0 Å². The molecule has 0 atom stereocenters. The molecule has 1 heterocycles. The molecule has 0 radical (unpaired) electrons. The Balaban J connectivity index is 1.74. The molecular formula is C10H18N2O. The van der Waals surface area contributed by atoms with Crippen LogP contribution < -0.4 is 10.6 Å². The average molecular weight is 182 g/mol. The van der Waals surface area contributed by atoms with Gasteiger partial charge in [-0.15, -0.1) is 0 Å². The van der Waals surface area contributed by atoms with Gasteiger partial charge in [-0.2, -0.15) is 0 Å². The highest BCUT2D eigenvalue weighted by molar-refractivity contribution is 5.79. The van der Waals surface area contributed by atoms with E-state index >= 15 is 0 Å². The Labute approximate surface area is 79.3 Å². The molecule has 1 amide bonds. The lowest BCUT2D eigenvalue weighted by molar-refractivity contribution is -0.127. The quantitative estimate of drug-likeness (QED) is 0.658. The van der Waals surface area contributed by atoms with E-state index in [2.05, 4.69) is 10.6 Å². The third kappa shape index (κ3) is 2.21. The molecule has 2 aliphatic rings. The lowest BCUT2D eigenvalue weighted by Crippen LogP contribution is -2.45. The van der Waals surface area contributed by atoms with Crippen molar-refractivity contribution in [3.05, 3.63) is 0 Å². The van der Waals surface area contributed by atoms with Crippen LogP contribution in [0.2, 0.25) is 0 Å². The van der Waals surface area contributed by atoms with Crippen molar-refractivity contribution in [1.82, 2.24) is 10.6 Å². The first kappa shape index (κ1) is 9.00. The lowest BCUT2D eigenvalue weighted by Gasteiger charge is -2.29. The largest absolute Gasteiger partial charge is 0.353 e. The molecule has 0 unspecified atom stereocenters. The van der Waals surface area contributed by atoms with Gasteiger partial charge in [-0.25, -0.2) is 0 Å². The van der Waals surface area contributed by atoms with Gasteiger partial charge in [0.1, 0.15) is 0 Å². The van der Waals surface area contributed by atoms with E-state index in [4.69, 9.17) is 0 Å². The normalized spacial score (nSPS) is 25.2.